The van der Waals surface area contributed by atoms with Crippen molar-refractivity contribution < 1.29 is 9.18 Å². The molecule has 1 unspecified atom stereocenters. The first-order chi connectivity index (χ1) is 5.68. The summed E-state index contributed by atoms with van der Waals surface area (Å²) in [5.74, 6) is 0. The van der Waals surface area contributed by atoms with Gasteiger partial charge in [-0.1, -0.05) is 18.2 Å². The molecule has 0 saturated heterocycles. The number of allylic oxidation sites excluding steroid dienone is 3. The van der Waals surface area contributed by atoms with Crippen LogP contribution >= 0.6 is 0 Å². The van der Waals surface area contributed by atoms with Crippen LogP contribution in [0.1, 0.15) is 12.8 Å². The molecule has 0 aromatic heterocycles. The van der Waals surface area contributed by atoms with Gasteiger partial charge in [0.25, 0.3) is 0 Å². The standard InChI is InChI=1S/C8H11FN2O/c9-6-2-1-3-7(5-4-6)11-8(10)12/h1-2,5-6H,3-4H2,(H3,10,11,12). The molecule has 1 rings (SSSR count). The highest BCUT2D eigenvalue weighted by atomic mass is 19.1. The van der Waals surface area contributed by atoms with Crippen molar-refractivity contribution in [3.63, 3.8) is 0 Å². The molecule has 1 atom stereocenters. The zero-order valence-corrected chi connectivity index (χ0v) is 6.59. The number of rotatable bonds is 1. The average Bonchev–Trinajstić information content (AvgIpc) is 2.15. The number of amides is 2. The van der Waals surface area contributed by atoms with Gasteiger partial charge in [0.05, 0.1) is 0 Å². The first-order valence-corrected chi connectivity index (χ1v) is 3.74. The normalized spacial score (nSPS) is 22.8. The first kappa shape index (κ1) is 8.77. The van der Waals surface area contributed by atoms with Crippen LogP contribution in [0.15, 0.2) is 23.9 Å². The van der Waals surface area contributed by atoms with Crippen molar-refractivity contribution in [2.45, 2.75) is 19.0 Å². The Hall–Kier alpha value is -1.32. The van der Waals surface area contributed by atoms with Gasteiger partial charge in [-0.25, -0.2) is 9.18 Å². The van der Waals surface area contributed by atoms with Gasteiger partial charge in [-0.2, -0.15) is 0 Å². The van der Waals surface area contributed by atoms with Crippen molar-refractivity contribution in [2.24, 2.45) is 5.73 Å². The molecule has 1 aliphatic carbocycles. The Morgan fingerprint density at radius 3 is 3.17 bits per heavy atom. The molecule has 0 fully saturated rings. The lowest BCUT2D eigenvalue weighted by atomic mass is 10.2. The second-order valence-electron chi connectivity index (χ2n) is 2.60. The molecule has 66 valence electrons. The smallest absolute Gasteiger partial charge is 0.316 e. The molecule has 0 aromatic rings. The number of nitrogens with two attached hydrogens (primary N) is 1. The van der Waals surface area contributed by atoms with Crippen LogP contribution in [0.2, 0.25) is 0 Å². The zero-order chi connectivity index (χ0) is 8.97. The predicted octanol–water partition coefficient (Wildman–Crippen LogP) is 1.23. The molecule has 0 saturated carbocycles. The highest BCUT2D eigenvalue weighted by Crippen LogP contribution is 2.11. The number of nitrogens with one attached hydrogen (secondary N) is 1. The van der Waals surface area contributed by atoms with Crippen LogP contribution in [0.5, 0.6) is 0 Å². The Morgan fingerprint density at radius 1 is 1.75 bits per heavy atom. The number of alkyl halides is 1. The van der Waals surface area contributed by atoms with Gasteiger partial charge in [0, 0.05) is 18.5 Å². The highest BCUT2D eigenvalue weighted by Gasteiger charge is 2.06. The van der Waals surface area contributed by atoms with Crippen LogP contribution in [-0.2, 0) is 0 Å². The number of urea groups is 1. The SMILES string of the molecule is NC(=O)NC1=CCC(F)C=CC1. The fourth-order valence-electron chi connectivity index (χ4n) is 1.02. The van der Waals surface area contributed by atoms with Crippen LogP contribution < -0.4 is 11.1 Å². The van der Waals surface area contributed by atoms with E-state index in [-0.39, 0.29) is 0 Å². The average molecular weight is 170 g/mol. The van der Waals surface area contributed by atoms with Crippen LogP contribution in [0.25, 0.3) is 0 Å². The third kappa shape index (κ3) is 2.74. The maximum atomic E-state index is 12.7. The number of carbonyl (C=O) groups is 1. The summed E-state index contributed by atoms with van der Waals surface area (Å²) in [6.07, 6.45) is 4.69. The maximum Gasteiger partial charge on any atom is 0.316 e. The van der Waals surface area contributed by atoms with Gasteiger partial charge < -0.3 is 11.1 Å². The summed E-state index contributed by atoms with van der Waals surface area (Å²) in [6, 6.07) is -0.605. The predicted molar refractivity (Wildman–Crippen MR) is 44.1 cm³/mol. The lowest BCUT2D eigenvalue weighted by molar-refractivity contribution is 0.251. The van der Waals surface area contributed by atoms with E-state index in [1.165, 1.54) is 6.08 Å². The number of carbonyl (C=O) groups excluding carboxylic acids is 1. The van der Waals surface area contributed by atoms with E-state index < -0.39 is 12.2 Å². The van der Waals surface area contributed by atoms with E-state index >= 15 is 0 Å². The van der Waals surface area contributed by atoms with Crippen molar-refractivity contribution in [3.05, 3.63) is 23.9 Å². The fourth-order valence-corrected chi connectivity index (χ4v) is 1.02. The van der Waals surface area contributed by atoms with E-state index in [0.29, 0.717) is 18.5 Å². The quantitative estimate of drug-likeness (QED) is 0.571. The summed E-state index contributed by atoms with van der Waals surface area (Å²) < 4.78 is 12.7. The lowest BCUT2D eigenvalue weighted by Gasteiger charge is -2.02. The minimum absolute atomic E-state index is 0.298. The second kappa shape index (κ2) is 3.90. The molecule has 1 aliphatic rings. The summed E-state index contributed by atoms with van der Waals surface area (Å²) in [5, 5.41) is 2.42. The van der Waals surface area contributed by atoms with E-state index in [9.17, 15) is 9.18 Å². The molecule has 4 heteroatoms. The maximum absolute atomic E-state index is 12.7. The Labute approximate surface area is 70.1 Å². The van der Waals surface area contributed by atoms with Crippen LogP contribution in [-0.4, -0.2) is 12.2 Å². The molecule has 3 nitrogen and oxygen atoms in total. The largest absolute Gasteiger partial charge is 0.351 e. The van der Waals surface area contributed by atoms with Crippen molar-refractivity contribution in [3.8, 4) is 0 Å². The Balaban J connectivity index is 2.54. The van der Waals surface area contributed by atoms with E-state index in [1.54, 1.807) is 12.2 Å². The molecule has 0 spiro atoms. The van der Waals surface area contributed by atoms with Crippen molar-refractivity contribution in [1.82, 2.24) is 5.32 Å². The summed E-state index contributed by atoms with van der Waals surface area (Å²) in [4.78, 5) is 10.4. The van der Waals surface area contributed by atoms with Gasteiger partial charge in [0.2, 0.25) is 0 Å². The lowest BCUT2D eigenvalue weighted by Crippen LogP contribution is -2.28. The van der Waals surface area contributed by atoms with Gasteiger partial charge in [-0.3, -0.25) is 0 Å². The Morgan fingerprint density at radius 2 is 2.50 bits per heavy atom. The fraction of sp³-hybridized carbons (Fsp3) is 0.375. The monoisotopic (exact) mass is 170 g/mol. The summed E-state index contributed by atoms with van der Waals surface area (Å²) >= 11 is 0. The molecular formula is C8H11FN2O. The van der Waals surface area contributed by atoms with Crippen LogP contribution in [0.4, 0.5) is 9.18 Å². The Bertz CT molecular complexity index is 235. The molecular weight excluding hydrogens is 159 g/mol. The second-order valence-corrected chi connectivity index (χ2v) is 2.60. The molecule has 0 aromatic carbocycles. The molecule has 3 N–H and O–H groups in total. The van der Waals surface area contributed by atoms with Crippen molar-refractivity contribution in [1.29, 1.82) is 0 Å². The first-order valence-electron chi connectivity index (χ1n) is 3.74. The molecule has 2 amide bonds. The number of hydrogen-bond donors (Lipinski definition) is 2. The zero-order valence-electron chi connectivity index (χ0n) is 6.59. The van der Waals surface area contributed by atoms with Gasteiger partial charge in [-0.05, 0) is 0 Å². The summed E-state index contributed by atoms with van der Waals surface area (Å²) in [6.45, 7) is 0. The van der Waals surface area contributed by atoms with Crippen molar-refractivity contribution >= 4 is 6.03 Å². The van der Waals surface area contributed by atoms with Crippen LogP contribution in [0.3, 0.4) is 0 Å². The van der Waals surface area contributed by atoms with E-state index in [4.69, 9.17) is 5.73 Å². The van der Waals surface area contributed by atoms with E-state index in [1.807, 2.05) is 0 Å². The molecule has 0 bridgehead atoms. The third-order valence-corrected chi connectivity index (χ3v) is 1.56. The summed E-state index contributed by atoms with van der Waals surface area (Å²) in [5.41, 5.74) is 5.57. The van der Waals surface area contributed by atoms with Crippen molar-refractivity contribution in [2.75, 3.05) is 0 Å². The molecule has 0 heterocycles. The molecule has 12 heavy (non-hydrogen) atoms. The Kier molecular flexibility index (Phi) is 2.85. The minimum atomic E-state index is -0.947. The summed E-state index contributed by atoms with van der Waals surface area (Å²) in [7, 11) is 0. The minimum Gasteiger partial charge on any atom is -0.351 e. The van der Waals surface area contributed by atoms with Gasteiger partial charge in [0.15, 0.2) is 0 Å². The third-order valence-electron chi connectivity index (χ3n) is 1.56. The topological polar surface area (TPSA) is 55.1 Å². The van der Waals surface area contributed by atoms with Gasteiger partial charge in [0.1, 0.15) is 6.17 Å². The molecule has 0 aliphatic heterocycles. The van der Waals surface area contributed by atoms with Crippen LogP contribution in [0, 0.1) is 0 Å². The number of halogens is 1. The number of primary amides is 1. The van der Waals surface area contributed by atoms with E-state index in [2.05, 4.69) is 5.32 Å². The number of hydrogen-bond acceptors (Lipinski definition) is 1. The van der Waals surface area contributed by atoms with Gasteiger partial charge in [-0.15, -0.1) is 0 Å². The van der Waals surface area contributed by atoms with Gasteiger partial charge >= 0.3 is 6.03 Å². The van der Waals surface area contributed by atoms with E-state index in [0.717, 1.165) is 0 Å². The molecule has 0 radical (unpaired) electrons. The highest BCUT2D eigenvalue weighted by molar-refractivity contribution is 5.73.